The van der Waals surface area contributed by atoms with Gasteiger partial charge in [0.1, 0.15) is 11.9 Å². The number of likely N-dealkylation sites (N-methyl/N-ethyl adjacent to an activating group) is 1. The molecule has 2 amide bonds. The van der Waals surface area contributed by atoms with E-state index in [9.17, 15) is 36.3 Å². The smallest absolute Gasteiger partial charge is 0.389 e. The number of anilines is 1. The summed E-state index contributed by atoms with van der Waals surface area (Å²) in [5.74, 6) is -1.29. The van der Waals surface area contributed by atoms with E-state index in [1.807, 2.05) is 0 Å². The number of halogens is 3. The number of alkyl halides is 3. The average molecular weight is 590 g/mol. The number of fused-ring (bicyclic) bond motifs is 1. The predicted molar refractivity (Wildman–Crippen MR) is 139 cm³/mol. The summed E-state index contributed by atoms with van der Waals surface area (Å²) < 4.78 is 72.6. The minimum atomic E-state index is -4.47. The molecule has 3 atom stereocenters. The zero-order valence-corrected chi connectivity index (χ0v) is 23.5. The second-order valence-corrected chi connectivity index (χ2v) is 12.0. The van der Waals surface area contributed by atoms with Crippen LogP contribution in [-0.2, 0) is 33.1 Å². The van der Waals surface area contributed by atoms with Crippen LogP contribution in [0.25, 0.3) is 0 Å². The number of ether oxygens (including phenoxy) is 1. The Hall–Kier alpha value is -3.17. The third-order valence-electron chi connectivity index (χ3n) is 6.63. The second-order valence-electron chi connectivity index (χ2n) is 10.0. The monoisotopic (exact) mass is 589 g/mol. The minimum Gasteiger partial charge on any atom is -0.488 e. The maximum absolute atomic E-state index is 13.3. The van der Waals surface area contributed by atoms with Gasteiger partial charge in [0.25, 0.3) is 10.0 Å². The van der Waals surface area contributed by atoms with Crippen molar-refractivity contribution in [1.29, 1.82) is 0 Å². The molecule has 1 aromatic carbocycles. The maximum Gasteiger partial charge on any atom is 0.389 e. The van der Waals surface area contributed by atoms with Crippen LogP contribution in [-0.4, -0.2) is 89.2 Å². The summed E-state index contributed by atoms with van der Waals surface area (Å²) >= 11 is 0. The number of aromatic nitrogens is 2. The lowest BCUT2D eigenvalue weighted by molar-refractivity contribution is -0.142. The molecule has 0 unspecified atom stereocenters. The molecule has 2 aromatic rings. The third-order valence-corrected chi connectivity index (χ3v) is 8.34. The molecule has 0 aliphatic carbocycles. The molecule has 0 saturated heterocycles. The number of aryl methyl sites for hydroxylation is 1. The molecule has 40 heavy (non-hydrogen) atoms. The molecule has 222 valence electrons. The highest BCUT2D eigenvalue weighted by Crippen LogP contribution is 2.30. The number of benzene rings is 1. The molecule has 1 aliphatic heterocycles. The highest BCUT2D eigenvalue weighted by atomic mass is 32.2. The molecule has 0 saturated carbocycles. The van der Waals surface area contributed by atoms with Gasteiger partial charge in [-0.25, -0.2) is 13.4 Å². The predicted octanol–water partition coefficient (Wildman–Crippen LogP) is 2.17. The zero-order chi connectivity index (χ0) is 29.8. The van der Waals surface area contributed by atoms with Crippen LogP contribution in [0, 0.1) is 5.92 Å². The van der Waals surface area contributed by atoms with Gasteiger partial charge in [-0.1, -0.05) is 6.92 Å². The third kappa shape index (κ3) is 7.95. The van der Waals surface area contributed by atoms with Crippen LogP contribution in [0.5, 0.6) is 5.75 Å². The second kappa shape index (κ2) is 12.6. The van der Waals surface area contributed by atoms with Gasteiger partial charge in [-0.05, 0) is 25.1 Å². The topological polar surface area (TPSA) is 134 Å². The first kappa shape index (κ1) is 31.4. The molecule has 3 rings (SSSR count). The van der Waals surface area contributed by atoms with Crippen LogP contribution in [0.3, 0.4) is 0 Å². The Kier molecular flexibility index (Phi) is 9.85. The van der Waals surface area contributed by atoms with Crippen LogP contribution in [0.2, 0.25) is 0 Å². The van der Waals surface area contributed by atoms with Gasteiger partial charge >= 0.3 is 6.18 Å². The summed E-state index contributed by atoms with van der Waals surface area (Å²) in [7, 11) is -0.915. The van der Waals surface area contributed by atoms with Crippen LogP contribution in [0.1, 0.15) is 32.3 Å². The summed E-state index contributed by atoms with van der Waals surface area (Å²) in [6.07, 6.45) is -4.67. The normalized spacial score (nSPS) is 19.3. The summed E-state index contributed by atoms with van der Waals surface area (Å²) in [6.45, 7) is 3.24. The Morgan fingerprint density at radius 3 is 2.65 bits per heavy atom. The lowest BCUT2D eigenvalue weighted by atomic mass is 10.0. The number of sulfonamides is 1. The first-order valence-electron chi connectivity index (χ1n) is 12.6. The Labute approximate surface area is 231 Å². The number of carbonyl (C=O) groups excluding carboxylic acids is 2. The number of aliphatic hydroxyl groups excluding tert-OH is 1. The van der Waals surface area contributed by atoms with Crippen LogP contribution in [0.15, 0.2) is 35.7 Å². The number of nitrogens with one attached hydrogen (secondary N) is 1. The van der Waals surface area contributed by atoms with Crippen molar-refractivity contribution in [2.45, 2.75) is 56.5 Å². The van der Waals surface area contributed by atoms with Gasteiger partial charge < -0.3 is 24.6 Å². The van der Waals surface area contributed by atoms with E-state index in [4.69, 9.17) is 4.74 Å². The number of hydrogen-bond acceptors (Lipinski definition) is 7. The Morgan fingerprint density at radius 1 is 1.35 bits per heavy atom. The lowest BCUT2D eigenvalue weighted by Gasteiger charge is -2.33. The Morgan fingerprint density at radius 2 is 2.05 bits per heavy atom. The molecular weight excluding hydrogens is 555 g/mol. The van der Waals surface area contributed by atoms with E-state index < -0.39 is 47.1 Å². The van der Waals surface area contributed by atoms with Crippen LogP contribution in [0.4, 0.5) is 18.9 Å². The van der Waals surface area contributed by atoms with Crippen molar-refractivity contribution in [3.8, 4) is 5.75 Å². The largest absolute Gasteiger partial charge is 0.488 e. The quantitative estimate of drug-likeness (QED) is 0.458. The first-order chi connectivity index (χ1) is 18.6. The van der Waals surface area contributed by atoms with Crippen molar-refractivity contribution in [3.63, 3.8) is 0 Å². The van der Waals surface area contributed by atoms with Gasteiger partial charge in [0, 0.05) is 50.4 Å². The standard InChI is InChI=1S/C25H34F3N5O6S/c1-16-11-33(17(2)14-34)24(36)10-18-9-19(30-22(35)7-8-25(26,27)28)5-6-20(18)39-21(16)12-32(4)40(37,38)23-13-31(3)15-29-23/h5-6,9,13,15-17,21,34H,7-8,10-12,14H2,1-4H3,(H,30,35)/t16-,17+,21-/m0/s1. The molecular formula is C25H34F3N5O6S. The summed E-state index contributed by atoms with van der Waals surface area (Å²) in [5, 5.41) is 12.0. The van der Waals surface area contributed by atoms with Gasteiger partial charge in [0.2, 0.25) is 11.8 Å². The van der Waals surface area contributed by atoms with Gasteiger partial charge in [-0.15, -0.1) is 0 Å². The van der Waals surface area contributed by atoms with Crippen molar-refractivity contribution < 1.29 is 41.0 Å². The van der Waals surface area contributed by atoms with Gasteiger partial charge in [0.15, 0.2) is 5.03 Å². The van der Waals surface area contributed by atoms with E-state index in [1.165, 1.54) is 47.2 Å². The fraction of sp³-hybridized carbons (Fsp3) is 0.560. The van der Waals surface area contributed by atoms with E-state index in [2.05, 4.69) is 10.3 Å². The fourth-order valence-electron chi connectivity index (χ4n) is 4.24. The van der Waals surface area contributed by atoms with E-state index >= 15 is 0 Å². The first-order valence-corrected chi connectivity index (χ1v) is 14.1. The van der Waals surface area contributed by atoms with Crippen molar-refractivity contribution in [3.05, 3.63) is 36.3 Å². The number of hydrogen-bond donors (Lipinski definition) is 2. The van der Waals surface area contributed by atoms with E-state index in [0.29, 0.717) is 5.56 Å². The maximum atomic E-state index is 13.3. The van der Waals surface area contributed by atoms with Crippen molar-refractivity contribution in [2.24, 2.45) is 13.0 Å². The minimum absolute atomic E-state index is 0.0923. The number of nitrogens with zero attached hydrogens (tertiary/aromatic N) is 4. The fourth-order valence-corrected chi connectivity index (χ4v) is 5.38. The molecule has 1 aromatic heterocycles. The average Bonchev–Trinajstić information content (AvgIpc) is 3.33. The Bertz CT molecular complexity index is 1320. The molecule has 0 spiro atoms. The highest BCUT2D eigenvalue weighted by molar-refractivity contribution is 7.89. The summed E-state index contributed by atoms with van der Waals surface area (Å²) in [4.78, 5) is 30.8. The Balaban J connectivity index is 1.92. The SMILES string of the molecule is C[C@H](CO)N1C[C@H](C)[C@H](CN(C)S(=O)(=O)c2cn(C)cn2)Oc2ccc(NC(=O)CCC(F)(F)F)cc2CC1=O. The molecule has 0 bridgehead atoms. The molecule has 0 radical (unpaired) electrons. The van der Waals surface area contributed by atoms with E-state index in [1.54, 1.807) is 20.9 Å². The molecule has 15 heteroatoms. The molecule has 11 nitrogen and oxygen atoms in total. The van der Waals surface area contributed by atoms with Crippen molar-refractivity contribution in [2.75, 3.05) is 32.1 Å². The number of aliphatic hydroxyl groups is 1. The molecule has 2 N–H and O–H groups in total. The van der Waals surface area contributed by atoms with Crippen molar-refractivity contribution in [1.82, 2.24) is 18.8 Å². The van der Waals surface area contributed by atoms with E-state index in [-0.39, 0.29) is 54.4 Å². The number of rotatable bonds is 9. The summed E-state index contributed by atoms with van der Waals surface area (Å²) in [6, 6.07) is 3.83. The van der Waals surface area contributed by atoms with Crippen LogP contribution < -0.4 is 10.1 Å². The number of carbonyl (C=O) groups is 2. The molecule has 2 heterocycles. The van der Waals surface area contributed by atoms with Gasteiger partial charge in [0.05, 0.1) is 38.4 Å². The van der Waals surface area contributed by atoms with E-state index in [0.717, 1.165) is 4.31 Å². The number of imidazole rings is 1. The summed E-state index contributed by atoms with van der Waals surface area (Å²) in [5.41, 5.74) is 0.533. The van der Waals surface area contributed by atoms with Crippen LogP contribution >= 0.6 is 0 Å². The number of amides is 2. The molecule has 0 fully saturated rings. The molecule has 1 aliphatic rings. The van der Waals surface area contributed by atoms with Gasteiger partial charge in [-0.2, -0.15) is 17.5 Å². The van der Waals surface area contributed by atoms with Crippen molar-refractivity contribution >= 4 is 27.5 Å². The highest BCUT2D eigenvalue weighted by Gasteiger charge is 2.34. The zero-order valence-electron chi connectivity index (χ0n) is 22.7. The lowest BCUT2D eigenvalue weighted by Crippen LogP contribution is -2.48. The van der Waals surface area contributed by atoms with Gasteiger partial charge in [-0.3, -0.25) is 9.59 Å².